The van der Waals surface area contributed by atoms with Crippen molar-refractivity contribution in [2.75, 3.05) is 27.4 Å². The van der Waals surface area contributed by atoms with Gasteiger partial charge in [0.1, 0.15) is 12.3 Å². The van der Waals surface area contributed by atoms with Gasteiger partial charge in [0, 0.05) is 30.2 Å². The predicted octanol–water partition coefficient (Wildman–Crippen LogP) is 5.15. The van der Waals surface area contributed by atoms with Crippen molar-refractivity contribution >= 4 is 23.3 Å². The summed E-state index contributed by atoms with van der Waals surface area (Å²) in [5.41, 5.74) is 3.43. The molecule has 0 aliphatic heterocycles. The maximum atomic E-state index is 13.2. The van der Waals surface area contributed by atoms with Crippen molar-refractivity contribution in [1.82, 2.24) is 14.7 Å². The Morgan fingerprint density at radius 1 is 1.06 bits per heavy atom. The van der Waals surface area contributed by atoms with E-state index in [1.807, 2.05) is 84.4 Å². The first-order chi connectivity index (χ1) is 17.1. The highest BCUT2D eigenvalue weighted by Gasteiger charge is 2.17. The van der Waals surface area contributed by atoms with Gasteiger partial charge in [-0.15, -0.1) is 11.8 Å². The fourth-order valence-electron chi connectivity index (χ4n) is 3.65. The van der Waals surface area contributed by atoms with Crippen LogP contribution >= 0.6 is 11.8 Å². The van der Waals surface area contributed by atoms with E-state index in [1.54, 1.807) is 26.0 Å². The van der Waals surface area contributed by atoms with Crippen LogP contribution in [-0.4, -0.2) is 42.7 Å². The highest BCUT2D eigenvalue weighted by atomic mass is 32.2. The van der Waals surface area contributed by atoms with E-state index in [2.05, 4.69) is 10.3 Å². The van der Waals surface area contributed by atoms with E-state index in [1.165, 1.54) is 0 Å². The molecule has 0 fully saturated rings. The topological polar surface area (TPSA) is 74.1 Å². The standard InChI is InChI=1S/C27H29N3O4S/c1-19(20-11-12-23(24(16-20)33-3)34-15-14-32-2)28-27(31)22-8-4-5-9-25(22)35-18-21-17-30-13-7-6-10-26(30)29-21/h4-13,16-17,19H,14-15,18H2,1-3H3,(H,28,31). The predicted molar refractivity (Wildman–Crippen MR) is 137 cm³/mol. The number of carbonyl (C=O) groups excluding carboxylic acids is 1. The summed E-state index contributed by atoms with van der Waals surface area (Å²) in [6.07, 6.45) is 4.00. The molecule has 0 saturated carbocycles. The van der Waals surface area contributed by atoms with E-state index >= 15 is 0 Å². The van der Waals surface area contributed by atoms with Gasteiger partial charge in [-0.1, -0.05) is 24.3 Å². The summed E-state index contributed by atoms with van der Waals surface area (Å²) in [6, 6.07) is 19.0. The largest absolute Gasteiger partial charge is 0.493 e. The maximum Gasteiger partial charge on any atom is 0.252 e. The smallest absolute Gasteiger partial charge is 0.252 e. The van der Waals surface area contributed by atoms with Crippen LogP contribution in [-0.2, 0) is 10.5 Å². The van der Waals surface area contributed by atoms with Crippen LogP contribution in [0.5, 0.6) is 11.5 Å². The van der Waals surface area contributed by atoms with Crippen LogP contribution in [0.25, 0.3) is 5.65 Å². The number of imidazole rings is 1. The first-order valence-electron chi connectivity index (χ1n) is 11.3. The Balaban J connectivity index is 1.43. The molecule has 0 aliphatic rings. The Labute approximate surface area is 209 Å². The molecule has 0 spiro atoms. The zero-order valence-electron chi connectivity index (χ0n) is 20.1. The lowest BCUT2D eigenvalue weighted by atomic mass is 10.1. The zero-order chi connectivity index (χ0) is 24.6. The summed E-state index contributed by atoms with van der Waals surface area (Å²) in [5.74, 6) is 1.79. The van der Waals surface area contributed by atoms with Gasteiger partial charge < -0.3 is 23.9 Å². The van der Waals surface area contributed by atoms with Crippen LogP contribution in [0.3, 0.4) is 0 Å². The summed E-state index contributed by atoms with van der Waals surface area (Å²) in [6.45, 7) is 2.87. The number of aromatic nitrogens is 2. The minimum absolute atomic E-state index is 0.130. The minimum Gasteiger partial charge on any atom is -0.493 e. The van der Waals surface area contributed by atoms with Crippen LogP contribution in [0, 0.1) is 0 Å². The lowest BCUT2D eigenvalue weighted by Crippen LogP contribution is -2.27. The molecule has 2 aromatic heterocycles. The van der Waals surface area contributed by atoms with E-state index in [0.717, 1.165) is 21.8 Å². The normalized spacial score (nSPS) is 11.9. The lowest BCUT2D eigenvalue weighted by Gasteiger charge is -2.18. The van der Waals surface area contributed by atoms with Gasteiger partial charge in [-0.05, 0) is 48.9 Å². The van der Waals surface area contributed by atoms with Crippen molar-refractivity contribution in [3.05, 3.63) is 89.9 Å². The third-order valence-corrected chi connectivity index (χ3v) is 6.61. The summed E-state index contributed by atoms with van der Waals surface area (Å²) in [7, 11) is 3.23. The van der Waals surface area contributed by atoms with E-state index < -0.39 is 0 Å². The average Bonchev–Trinajstić information content (AvgIpc) is 3.31. The van der Waals surface area contributed by atoms with Crippen molar-refractivity contribution < 1.29 is 19.0 Å². The third-order valence-electron chi connectivity index (χ3n) is 5.50. The van der Waals surface area contributed by atoms with Gasteiger partial charge in [0.25, 0.3) is 5.91 Å². The van der Waals surface area contributed by atoms with Crippen molar-refractivity contribution in [2.45, 2.75) is 23.6 Å². The van der Waals surface area contributed by atoms with E-state index in [0.29, 0.717) is 36.0 Å². The van der Waals surface area contributed by atoms with Gasteiger partial charge in [0.05, 0.1) is 31.0 Å². The number of nitrogens with one attached hydrogen (secondary N) is 1. The van der Waals surface area contributed by atoms with Crippen LogP contribution in [0.2, 0.25) is 0 Å². The van der Waals surface area contributed by atoms with E-state index in [-0.39, 0.29) is 11.9 Å². The highest BCUT2D eigenvalue weighted by Crippen LogP contribution is 2.31. The first kappa shape index (κ1) is 24.6. The summed E-state index contributed by atoms with van der Waals surface area (Å²) < 4.78 is 18.2. The number of methoxy groups -OCH3 is 2. The summed E-state index contributed by atoms with van der Waals surface area (Å²) in [5, 5.41) is 3.11. The molecule has 4 aromatic rings. The highest BCUT2D eigenvalue weighted by molar-refractivity contribution is 7.98. The molecule has 1 atom stereocenters. The van der Waals surface area contributed by atoms with Gasteiger partial charge >= 0.3 is 0 Å². The van der Waals surface area contributed by atoms with Gasteiger partial charge in [0.2, 0.25) is 0 Å². The van der Waals surface area contributed by atoms with Crippen molar-refractivity contribution in [2.24, 2.45) is 0 Å². The zero-order valence-corrected chi connectivity index (χ0v) is 20.9. The molecular weight excluding hydrogens is 462 g/mol. The number of thioether (sulfide) groups is 1. The fourth-order valence-corrected chi connectivity index (χ4v) is 4.59. The Bertz CT molecular complexity index is 1260. The number of fused-ring (bicyclic) bond motifs is 1. The molecule has 8 heteroatoms. The Kier molecular flexibility index (Phi) is 8.28. The molecule has 2 aromatic carbocycles. The molecular formula is C27H29N3O4S. The van der Waals surface area contributed by atoms with E-state index in [4.69, 9.17) is 14.2 Å². The van der Waals surface area contributed by atoms with Gasteiger partial charge in [-0.25, -0.2) is 4.98 Å². The first-order valence-corrected chi connectivity index (χ1v) is 12.3. The Hall–Kier alpha value is -3.49. The van der Waals surface area contributed by atoms with Crippen LogP contribution in [0.15, 0.2) is 78.0 Å². The fraction of sp³-hybridized carbons (Fsp3) is 0.259. The number of hydrogen-bond donors (Lipinski definition) is 1. The average molecular weight is 492 g/mol. The van der Waals surface area contributed by atoms with Gasteiger partial charge in [-0.2, -0.15) is 0 Å². The lowest BCUT2D eigenvalue weighted by molar-refractivity contribution is 0.0937. The SMILES string of the molecule is COCCOc1ccc(C(C)NC(=O)c2ccccc2SCc2cn3ccccc3n2)cc1OC. The van der Waals surface area contributed by atoms with Gasteiger partial charge in [0.15, 0.2) is 11.5 Å². The van der Waals surface area contributed by atoms with Crippen LogP contribution < -0.4 is 14.8 Å². The van der Waals surface area contributed by atoms with Crippen LogP contribution in [0.4, 0.5) is 0 Å². The number of hydrogen-bond acceptors (Lipinski definition) is 6. The number of pyridine rings is 1. The molecule has 0 radical (unpaired) electrons. The number of nitrogens with zero attached hydrogens (tertiary/aromatic N) is 2. The van der Waals surface area contributed by atoms with Gasteiger partial charge in [-0.3, -0.25) is 4.79 Å². The molecule has 7 nitrogen and oxygen atoms in total. The Morgan fingerprint density at radius 2 is 1.89 bits per heavy atom. The number of carbonyl (C=O) groups is 1. The molecule has 0 bridgehead atoms. The molecule has 1 unspecified atom stereocenters. The molecule has 182 valence electrons. The minimum atomic E-state index is -0.221. The number of ether oxygens (including phenoxy) is 3. The quantitative estimate of drug-likeness (QED) is 0.231. The Morgan fingerprint density at radius 3 is 2.69 bits per heavy atom. The van der Waals surface area contributed by atoms with Crippen molar-refractivity contribution in [1.29, 1.82) is 0 Å². The van der Waals surface area contributed by atoms with Crippen molar-refractivity contribution in [3.8, 4) is 11.5 Å². The monoisotopic (exact) mass is 491 g/mol. The van der Waals surface area contributed by atoms with E-state index in [9.17, 15) is 4.79 Å². The van der Waals surface area contributed by atoms with Crippen molar-refractivity contribution in [3.63, 3.8) is 0 Å². The molecule has 35 heavy (non-hydrogen) atoms. The molecule has 4 rings (SSSR count). The van der Waals surface area contributed by atoms with Crippen LogP contribution in [0.1, 0.15) is 34.6 Å². The number of rotatable bonds is 11. The summed E-state index contributed by atoms with van der Waals surface area (Å²) >= 11 is 1.60. The molecule has 1 amide bonds. The second-order valence-electron chi connectivity index (χ2n) is 7.93. The summed E-state index contributed by atoms with van der Waals surface area (Å²) in [4.78, 5) is 18.7. The molecule has 0 saturated heterocycles. The second kappa shape index (κ2) is 11.8. The number of amides is 1. The third kappa shape index (κ3) is 6.15. The molecule has 0 aliphatic carbocycles. The number of benzene rings is 2. The second-order valence-corrected chi connectivity index (χ2v) is 8.95. The maximum absolute atomic E-state index is 13.2. The molecule has 2 heterocycles. The molecule has 1 N–H and O–H groups in total.